The van der Waals surface area contributed by atoms with Crippen molar-refractivity contribution in [2.75, 3.05) is 25.1 Å². The number of aliphatic hydroxyl groups excluding tert-OH is 1. The zero-order valence-corrected chi connectivity index (χ0v) is 9.57. The summed E-state index contributed by atoms with van der Waals surface area (Å²) in [5.41, 5.74) is 0.871. The van der Waals surface area contributed by atoms with Gasteiger partial charge in [0.2, 0.25) is 0 Å². The maximum absolute atomic E-state index is 9.51. The van der Waals surface area contributed by atoms with Crippen LogP contribution < -0.4 is 5.32 Å². The number of hydrogen-bond donors (Lipinski definition) is 2. The van der Waals surface area contributed by atoms with E-state index in [1.165, 1.54) is 0 Å². The second-order valence-corrected chi connectivity index (χ2v) is 4.40. The molecule has 0 spiro atoms. The average molecular weight is 222 g/mol. The summed E-state index contributed by atoms with van der Waals surface area (Å²) in [6.07, 6.45) is 3.46. The monoisotopic (exact) mass is 222 g/mol. The first kappa shape index (κ1) is 11.4. The molecule has 0 amide bonds. The first-order valence-electron chi connectivity index (χ1n) is 5.64. The summed E-state index contributed by atoms with van der Waals surface area (Å²) in [5, 5.41) is 12.8. The Morgan fingerprint density at radius 1 is 1.44 bits per heavy atom. The van der Waals surface area contributed by atoms with Gasteiger partial charge in [-0.15, -0.1) is 0 Å². The van der Waals surface area contributed by atoms with E-state index in [1.54, 1.807) is 0 Å². The zero-order valence-electron chi connectivity index (χ0n) is 9.57. The molecule has 4 heteroatoms. The Balaban J connectivity index is 2.08. The summed E-state index contributed by atoms with van der Waals surface area (Å²) in [6.45, 7) is 3.51. The molecule has 0 unspecified atom stereocenters. The number of aryl methyl sites for hydroxylation is 1. The lowest BCUT2D eigenvalue weighted by Gasteiger charge is -2.36. The van der Waals surface area contributed by atoms with Gasteiger partial charge in [-0.1, -0.05) is 6.07 Å². The number of ether oxygens (including phenoxy) is 1. The topological polar surface area (TPSA) is 54.4 Å². The van der Waals surface area contributed by atoms with Crippen LogP contribution in [0.2, 0.25) is 0 Å². The summed E-state index contributed by atoms with van der Waals surface area (Å²) in [4.78, 5) is 4.30. The summed E-state index contributed by atoms with van der Waals surface area (Å²) in [7, 11) is 0. The molecule has 0 atom stereocenters. The molecule has 0 radical (unpaired) electrons. The molecule has 2 N–H and O–H groups in total. The highest BCUT2D eigenvalue weighted by Gasteiger charge is 2.31. The highest BCUT2D eigenvalue weighted by molar-refractivity contribution is 5.38. The van der Waals surface area contributed by atoms with Gasteiger partial charge in [0, 0.05) is 19.4 Å². The molecule has 1 saturated heterocycles. The lowest BCUT2D eigenvalue weighted by molar-refractivity contribution is 0.0378. The van der Waals surface area contributed by atoms with Crippen LogP contribution >= 0.6 is 0 Å². The van der Waals surface area contributed by atoms with Gasteiger partial charge in [0.15, 0.2) is 0 Å². The lowest BCUT2D eigenvalue weighted by atomic mass is 9.91. The van der Waals surface area contributed by atoms with Crippen LogP contribution in [0.5, 0.6) is 0 Å². The van der Waals surface area contributed by atoms with Crippen LogP contribution in [-0.2, 0) is 4.74 Å². The van der Waals surface area contributed by atoms with E-state index in [9.17, 15) is 5.11 Å². The van der Waals surface area contributed by atoms with Gasteiger partial charge in [0.05, 0.1) is 12.1 Å². The van der Waals surface area contributed by atoms with E-state index in [4.69, 9.17) is 4.74 Å². The van der Waals surface area contributed by atoms with Crippen molar-refractivity contribution in [3.8, 4) is 0 Å². The minimum atomic E-state index is -0.263. The van der Waals surface area contributed by atoms with Gasteiger partial charge in [-0.25, -0.2) is 4.98 Å². The van der Waals surface area contributed by atoms with Gasteiger partial charge in [-0.2, -0.15) is 0 Å². The number of anilines is 1. The Labute approximate surface area is 95.7 Å². The summed E-state index contributed by atoms with van der Waals surface area (Å²) in [5.74, 6) is 0.821. The second kappa shape index (κ2) is 4.80. The molecule has 1 fully saturated rings. The van der Waals surface area contributed by atoms with Crippen LogP contribution in [0.15, 0.2) is 18.3 Å². The van der Waals surface area contributed by atoms with Gasteiger partial charge in [-0.3, -0.25) is 0 Å². The molecule has 2 rings (SSSR count). The number of hydrogen-bond acceptors (Lipinski definition) is 4. The van der Waals surface area contributed by atoms with Crippen molar-refractivity contribution < 1.29 is 9.84 Å². The number of nitrogens with zero attached hydrogens (tertiary/aromatic N) is 1. The van der Waals surface area contributed by atoms with Gasteiger partial charge >= 0.3 is 0 Å². The van der Waals surface area contributed by atoms with E-state index < -0.39 is 0 Å². The molecular formula is C12H18N2O2. The number of nitrogens with one attached hydrogen (secondary N) is 1. The molecule has 4 nitrogen and oxygen atoms in total. The summed E-state index contributed by atoms with van der Waals surface area (Å²) < 4.78 is 5.31. The fraction of sp³-hybridized carbons (Fsp3) is 0.583. The minimum absolute atomic E-state index is 0.117. The molecule has 1 aromatic rings. The predicted octanol–water partition coefficient (Wildman–Crippen LogP) is 1.34. The van der Waals surface area contributed by atoms with Crippen LogP contribution in [0.1, 0.15) is 18.4 Å². The number of rotatable bonds is 3. The van der Waals surface area contributed by atoms with Gasteiger partial charge in [0.25, 0.3) is 0 Å². The van der Waals surface area contributed by atoms with Crippen LogP contribution in [0.3, 0.4) is 0 Å². The van der Waals surface area contributed by atoms with Crippen molar-refractivity contribution in [1.29, 1.82) is 0 Å². The van der Waals surface area contributed by atoms with Crippen molar-refractivity contribution >= 4 is 5.82 Å². The highest BCUT2D eigenvalue weighted by Crippen LogP contribution is 2.24. The van der Waals surface area contributed by atoms with Crippen LogP contribution in [0.4, 0.5) is 5.82 Å². The third kappa shape index (κ3) is 2.51. The number of aromatic nitrogens is 1. The molecule has 1 aliphatic heterocycles. The van der Waals surface area contributed by atoms with Crippen molar-refractivity contribution in [3.05, 3.63) is 23.9 Å². The standard InChI is InChI=1S/C12H18N2O2/c1-10-2-3-11(13-8-10)14-12(9-15)4-6-16-7-5-12/h2-3,8,15H,4-7,9H2,1H3,(H,13,14). The quantitative estimate of drug-likeness (QED) is 0.810. The van der Waals surface area contributed by atoms with Gasteiger partial charge < -0.3 is 15.2 Å². The van der Waals surface area contributed by atoms with E-state index in [1.807, 2.05) is 25.3 Å². The van der Waals surface area contributed by atoms with Gasteiger partial charge in [0.1, 0.15) is 5.82 Å². The van der Waals surface area contributed by atoms with Crippen molar-refractivity contribution in [2.45, 2.75) is 25.3 Å². The third-order valence-corrected chi connectivity index (χ3v) is 3.06. The van der Waals surface area contributed by atoms with E-state index >= 15 is 0 Å². The van der Waals surface area contributed by atoms with E-state index in [0.29, 0.717) is 13.2 Å². The Bertz CT molecular complexity index is 331. The first-order valence-corrected chi connectivity index (χ1v) is 5.64. The molecule has 0 bridgehead atoms. The van der Waals surface area contributed by atoms with Crippen LogP contribution in [0.25, 0.3) is 0 Å². The normalized spacial score (nSPS) is 19.4. The minimum Gasteiger partial charge on any atom is -0.394 e. The molecule has 1 aliphatic rings. The van der Waals surface area contributed by atoms with Crippen molar-refractivity contribution in [1.82, 2.24) is 4.98 Å². The first-order chi connectivity index (χ1) is 7.74. The molecule has 88 valence electrons. The Morgan fingerprint density at radius 3 is 2.75 bits per heavy atom. The molecule has 2 heterocycles. The zero-order chi connectivity index (χ0) is 11.4. The van der Waals surface area contributed by atoms with Crippen LogP contribution in [0, 0.1) is 6.92 Å². The highest BCUT2D eigenvalue weighted by atomic mass is 16.5. The Kier molecular flexibility index (Phi) is 3.41. The molecule has 1 aromatic heterocycles. The molecule has 0 saturated carbocycles. The number of pyridine rings is 1. The fourth-order valence-electron chi connectivity index (χ4n) is 1.90. The van der Waals surface area contributed by atoms with Crippen molar-refractivity contribution in [2.24, 2.45) is 0 Å². The summed E-state index contributed by atoms with van der Waals surface area (Å²) >= 11 is 0. The SMILES string of the molecule is Cc1ccc(NC2(CO)CCOCC2)nc1. The lowest BCUT2D eigenvalue weighted by Crippen LogP contribution is -2.47. The van der Waals surface area contributed by atoms with Crippen molar-refractivity contribution in [3.63, 3.8) is 0 Å². The largest absolute Gasteiger partial charge is 0.394 e. The van der Waals surface area contributed by atoms with Crippen LogP contribution in [-0.4, -0.2) is 35.5 Å². The molecule has 0 aromatic carbocycles. The Morgan fingerprint density at radius 2 is 2.19 bits per heavy atom. The third-order valence-electron chi connectivity index (χ3n) is 3.06. The maximum atomic E-state index is 9.51. The summed E-state index contributed by atoms with van der Waals surface area (Å²) in [6, 6.07) is 3.96. The molecule has 16 heavy (non-hydrogen) atoms. The maximum Gasteiger partial charge on any atom is 0.126 e. The number of aliphatic hydroxyl groups is 1. The predicted molar refractivity (Wildman–Crippen MR) is 62.5 cm³/mol. The molecular weight excluding hydrogens is 204 g/mol. The fourth-order valence-corrected chi connectivity index (χ4v) is 1.90. The van der Waals surface area contributed by atoms with E-state index in [2.05, 4.69) is 10.3 Å². The van der Waals surface area contributed by atoms with Gasteiger partial charge in [-0.05, 0) is 31.4 Å². The second-order valence-electron chi connectivity index (χ2n) is 4.40. The van der Waals surface area contributed by atoms with E-state index in [0.717, 1.165) is 24.2 Å². The average Bonchev–Trinajstić information content (AvgIpc) is 2.33. The smallest absolute Gasteiger partial charge is 0.126 e. The Hall–Kier alpha value is -1.13. The van der Waals surface area contributed by atoms with E-state index in [-0.39, 0.29) is 12.1 Å². The molecule has 0 aliphatic carbocycles.